The van der Waals surface area contributed by atoms with Crippen molar-refractivity contribution < 1.29 is 33.4 Å². The highest BCUT2D eigenvalue weighted by Gasteiger charge is 2.41. The van der Waals surface area contributed by atoms with Crippen molar-refractivity contribution in [1.82, 2.24) is 49.9 Å². The summed E-state index contributed by atoms with van der Waals surface area (Å²) in [7, 11) is 7.04. The lowest BCUT2D eigenvalue weighted by atomic mass is 9.84. The molecule has 5 atom stereocenters. The highest BCUT2D eigenvalue weighted by Crippen LogP contribution is 2.42. The number of fused-ring (bicyclic) bond motifs is 6. The number of aromatic nitrogens is 3. The SMILES string of the molecule is CCn1c(-c2cccnc2[C@H](C)OC)c2c3cc(ccc31)-c1csc(n1)C[C@H](NC(=O)C(C(C)C)N(C)C(=O)N(C)C1CN(C(=O)/C=C/[C@H]3CCCN3C)C1)C(=O)N1CCC[C@H](N1)C(=O)OCC(C)(C)C2. The quantitative estimate of drug-likeness (QED) is 0.132. The van der Waals surface area contributed by atoms with Crippen LogP contribution < -0.4 is 10.7 Å². The van der Waals surface area contributed by atoms with Crippen LogP contribution in [0.2, 0.25) is 0 Å². The van der Waals surface area contributed by atoms with E-state index in [1.165, 1.54) is 21.2 Å². The fourth-order valence-electron chi connectivity index (χ4n) is 10.6. The van der Waals surface area contributed by atoms with E-state index in [0.29, 0.717) is 50.4 Å². The number of carbonyl (C=O) groups is 5. The Kier molecular flexibility index (Phi) is 15.7. The summed E-state index contributed by atoms with van der Waals surface area (Å²) in [5.74, 6) is -1.78. The van der Waals surface area contributed by atoms with Crippen molar-refractivity contribution in [2.75, 3.05) is 61.0 Å². The van der Waals surface area contributed by atoms with Crippen molar-refractivity contribution in [3.05, 3.63) is 70.3 Å². The van der Waals surface area contributed by atoms with E-state index in [-0.39, 0.29) is 49.1 Å². The molecule has 5 amide bonds. The predicted molar refractivity (Wildman–Crippen MR) is 274 cm³/mol. The zero-order valence-corrected chi connectivity index (χ0v) is 43.9. The Morgan fingerprint density at radius 3 is 2.55 bits per heavy atom. The number of rotatable bonds is 11. The molecule has 0 saturated carbocycles. The number of hydrogen-bond acceptors (Lipinski definition) is 12. The number of likely N-dealkylation sites (tertiary alicyclic amines) is 2. The second-order valence-electron chi connectivity index (χ2n) is 20.9. The van der Waals surface area contributed by atoms with E-state index in [0.717, 1.165) is 64.1 Å². The summed E-state index contributed by atoms with van der Waals surface area (Å²) in [6.07, 6.45) is 8.93. The molecule has 71 heavy (non-hydrogen) atoms. The van der Waals surface area contributed by atoms with Crippen molar-refractivity contribution in [3.63, 3.8) is 0 Å². The first-order valence-electron chi connectivity index (χ1n) is 25.2. The largest absolute Gasteiger partial charge is 0.464 e. The Labute approximate surface area is 421 Å². The summed E-state index contributed by atoms with van der Waals surface area (Å²) in [5.41, 5.74) is 9.27. The maximum atomic E-state index is 14.7. The minimum absolute atomic E-state index is 0.0713. The van der Waals surface area contributed by atoms with Crippen LogP contribution >= 0.6 is 11.3 Å². The Balaban J connectivity index is 1.08. The number of methoxy groups -OCH3 is 1. The number of carbonyl (C=O) groups excluding carboxylic acids is 5. The fraction of sp³-hybridized carbons (Fsp3) is 0.566. The van der Waals surface area contributed by atoms with Crippen LogP contribution in [-0.2, 0) is 48.0 Å². The van der Waals surface area contributed by atoms with E-state index in [4.69, 9.17) is 19.4 Å². The molecule has 4 aliphatic rings. The van der Waals surface area contributed by atoms with E-state index in [2.05, 4.69) is 72.3 Å². The van der Waals surface area contributed by atoms with Gasteiger partial charge >= 0.3 is 12.0 Å². The number of benzene rings is 1. The van der Waals surface area contributed by atoms with Crippen LogP contribution in [0.5, 0.6) is 0 Å². The summed E-state index contributed by atoms with van der Waals surface area (Å²) in [4.78, 5) is 87.2. The third-order valence-electron chi connectivity index (χ3n) is 14.8. The van der Waals surface area contributed by atoms with Gasteiger partial charge in [0, 0.05) is 105 Å². The molecule has 2 N–H and O–H groups in total. The van der Waals surface area contributed by atoms with Gasteiger partial charge in [-0.25, -0.2) is 15.2 Å². The molecule has 8 rings (SSSR count). The number of urea groups is 1. The first-order chi connectivity index (χ1) is 33.9. The predicted octanol–water partition coefficient (Wildman–Crippen LogP) is 6.07. The fourth-order valence-corrected chi connectivity index (χ4v) is 11.5. The Morgan fingerprint density at radius 2 is 1.85 bits per heavy atom. The molecular weight excluding hydrogens is 921 g/mol. The molecular formula is C53H72N10O7S. The maximum absolute atomic E-state index is 14.7. The number of aryl methyl sites for hydroxylation is 1. The summed E-state index contributed by atoms with van der Waals surface area (Å²) in [6.45, 7) is 15.0. The molecule has 1 aromatic carbocycles. The summed E-state index contributed by atoms with van der Waals surface area (Å²) < 4.78 is 14.3. The smallest absolute Gasteiger partial charge is 0.324 e. The van der Waals surface area contributed by atoms with Gasteiger partial charge in [0.05, 0.1) is 40.8 Å². The number of nitrogens with zero attached hydrogens (tertiary/aromatic N) is 8. The monoisotopic (exact) mass is 993 g/mol. The summed E-state index contributed by atoms with van der Waals surface area (Å²) >= 11 is 1.41. The van der Waals surface area contributed by atoms with Crippen LogP contribution in [0.1, 0.15) is 89.6 Å². The molecule has 7 heterocycles. The number of hydrogen-bond donors (Lipinski definition) is 2. The van der Waals surface area contributed by atoms with Crippen molar-refractivity contribution in [2.45, 2.75) is 123 Å². The molecule has 6 bridgehead atoms. The van der Waals surface area contributed by atoms with Gasteiger partial charge in [-0.15, -0.1) is 11.3 Å². The van der Waals surface area contributed by atoms with E-state index in [1.807, 2.05) is 38.3 Å². The molecule has 3 aromatic heterocycles. The molecule has 382 valence electrons. The molecule has 4 aromatic rings. The van der Waals surface area contributed by atoms with Crippen LogP contribution in [-0.4, -0.2) is 160 Å². The molecule has 0 aliphatic carbocycles. The lowest BCUT2D eigenvalue weighted by Crippen LogP contribution is -2.65. The number of ether oxygens (including phenoxy) is 2. The Morgan fingerprint density at radius 1 is 1.08 bits per heavy atom. The van der Waals surface area contributed by atoms with Gasteiger partial charge < -0.3 is 34.1 Å². The first kappa shape index (κ1) is 51.7. The van der Waals surface area contributed by atoms with Gasteiger partial charge in [-0.05, 0) is 95.3 Å². The third-order valence-corrected chi connectivity index (χ3v) is 15.7. The molecule has 3 saturated heterocycles. The highest BCUT2D eigenvalue weighted by atomic mass is 32.1. The van der Waals surface area contributed by atoms with Gasteiger partial charge in [-0.2, -0.15) is 0 Å². The zero-order chi connectivity index (χ0) is 50.9. The van der Waals surface area contributed by atoms with Crippen molar-refractivity contribution >= 4 is 52.0 Å². The zero-order valence-electron chi connectivity index (χ0n) is 43.1. The van der Waals surface area contributed by atoms with Gasteiger partial charge in [0.15, 0.2) is 0 Å². The number of cyclic esters (lactones) is 1. The van der Waals surface area contributed by atoms with Gasteiger partial charge in [-0.1, -0.05) is 39.8 Å². The van der Waals surface area contributed by atoms with Crippen molar-refractivity contribution in [1.29, 1.82) is 0 Å². The normalized spacial score (nSPS) is 22.0. The standard InChI is InChI=1S/C53H72N10O7S/c1-11-62-43-20-18-34-25-38(43)39(48(62)37-16-12-22-54-46(37)33(4)69-10)27-53(5,6)31-70-51(67)40-17-14-24-63(57-40)50(66)41(26-44-55-42(34)30-71-44)56-49(65)47(32(2)3)60(9)52(68)59(8)36-28-61(29-36)45(64)21-19-35-15-13-23-58(35)7/h12,16,18-22,25,30,32-33,35-36,40-41,47,57H,11,13-15,17,23-24,26-29,31H2,1-10H3,(H,56,65)/b21-19+/t33-,35+,40-,41-,47?/m0/s1. The highest BCUT2D eigenvalue weighted by molar-refractivity contribution is 7.10. The number of amides is 5. The molecule has 0 spiro atoms. The van der Waals surface area contributed by atoms with Gasteiger partial charge in [0.2, 0.25) is 11.8 Å². The van der Waals surface area contributed by atoms with Crippen LogP contribution in [0, 0.1) is 11.3 Å². The second kappa shape index (κ2) is 21.6. The van der Waals surface area contributed by atoms with Gasteiger partial charge in [0.1, 0.15) is 18.1 Å². The third kappa shape index (κ3) is 10.9. The minimum Gasteiger partial charge on any atom is -0.464 e. The average Bonchev–Trinajstić information content (AvgIpc) is 4.07. The number of likely N-dealkylation sites (N-methyl/N-ethyl adjacent to an activating group) is 3. The topological polar surface area (TPSA) is 175 Å². The first-order valence-corrected chi connectivity index (χ1v) is 26.1. The maximum Gasteiger partial charge on any atom is 0.324 e. The molecule has 17 nitrogen and oxygen atoms in total. The van der Waals surface area contributed by atoms with Crippen LogP contribution in [0.15, 0.2) is 54.1 Å². The van der Waals surface area contributed by atoms with Crippen molar-refractivity contribution in [2.24, 2.45) is 11.3 Å². The molecule has 18 heteroatoms. The van der Waals surface area contributed by atoms with E-state index >= 15 is 0 Å². The van der Waals surface area contributed by atoms with Crippen molar-refractivity contribution in [3.8, 4) is 22.5 Å². The number of hydrazine groups is 1. The van der Waals surface area contributed by atoms with Crippen LogP contribution in [0.4, 0.5) is 4.79 Å². The number of pyridine rings is 1. The lowest BCUT2D eigenvalue weighted by Gasteiger charge is -2.45. The van der Waals surface area contributed by atoms with Gasteiger partial charge in [-0.3, -0.25) is 34.1 Å². The minimum atomic E-state index is -1.09. The number of thiazole rings is 1. The van der Waals surface area contributed by atoms with Gasteiger partial charge in [0.25, 0.3) is 5.91 Å². The number of esters is 1. The van der Waals surface area contributed by atoms with Crippen LogP contribution in [0.25, 0.3) is 33.4 Å². The van der Waals surface area contributed by atoms with Crippen LogP contribution in [0.3, 0.4) is 0 Å². The molecule has 4 aliphatic heterocycles. The molecule has 1 unspecified atom stereocenters. The molecule has 3 fully saturated rings. The average molecular weight is 993 g/mol. The number of nitrogens with one attached hydrogen (secondary N) is 2. The Bertz CT molecular complexity index is 2660. The van der Waals surface area contributed by atoms with E-state index in [1.54, 1.807) is 43.3 Å². The summed E-state index contributed by atoms with van der Waals surface area (Å²) in [5, 5.41) is 8.13. The lowest BCUT2D eigenvalue weighted by molar-refractivity contribution is -0.155. The van der Waals surface area contributed by atoms with E-state index < -0.39 is 41.3 Å². The molecule has 0 radical (unpaired) electrons. The van der Waals surface area contributed by atoms with E-state index in [9.17, 15) is 24.0 Å². The Hall–Kier alpha value is -5.69. The second-order valence-corrected chi connectivity index (χ2v) is 21.9. The summed E-state index contributed by atoms with van der Waals surface area (Å²) in [6, 6.07) is 7.27.